The number of allylic oxidation sites excluding steroid dienone is 1. The number of hydrogen-bond donors (Lipinski definition) is 2. The standard InChI is InChI=1S/C21H14BrCl3F6N2O2/c22-14-5-10(1-3-12(14)19(35)32-8-17(34)33-9-20(26,27)28)2-4-13(21(29,30)31)11-6-15(23)18(25)16(24)7-11/h1-7,13H,8-9H2,(H,32,35)(H,33,34). The first-order valence-electron chi connectivity index (χ1n) is 9.39. The van der Waals surface area contributed by atoms with Crippen molar-refractivity contribution in [2.45, 2.75) is 18.3 Å². The van der Waals surface area contributed by atoms with E-state index in [1.54, 1.807) is 5.32 Å². The van der Waals surface area contributed by atoms with E-state index in [2.05, 4.69) is 21.2 Å². The van der Waals surface area contributed by atoms with Gasteiger partial charge < -0.3 is 10.6 Å². The number of nitrogens with one attached hydrogen (secondary N) is 2. The first-order valence-corrected chi connectivity index (χ1v) is 11.3. The largest absolute Gasteiger partial charge is 0.405 e. The van der Waals surface area contributed by atoms with E-state index in [9.17, 15) is 35.9 Å². The summed E-state index contributed by atoms with van der Waals surface area (Å²) in [5, 5.41) is 3.41. The van der Waals surface area contributed by atoms with E-state index in [1.807, 2.05) is 0 Å². The van der Waals surface area contributed by atoms with Crippen LogP contribution in [0.5, 0.6) is 0 Å². The van der Waals surface area contributed by atoms with Crippen LogP contribution in [0, 0.1) is 0 Å². The lowest BCUT2D eigenvalue weighted by Crippen LogP contribution is -2.40. The lowest BCUT2D eigenvalue weighted by Gasteiger charge is -2.18. The average molecular weight is 627 g/mol. The second-order valence-corrected chi connectivity index (χ2v) is 9.04. The summed E-state index contributed by atoms with van der Waals surface area (Å²) in [5.74, 6) is -3.90. The zero-order valence-electron chi connectivity index (χ0n) is 17.1. The quantitative estimate of drug-likeness (QED) is 0.253. The van der Waals surface area contributed by atoms with Crippen LogP contribution in [0.3, 0.4) is 0 Å². The van der Waals surface area contributed by atoms with Crippen molar-refractivity contribution in [3.8, 4) is 0 Å². The van der Waals surface area contributed by atoms with Crippen LogP contribution in [0.2, 0.25) is 15.1 Å². The minimum Gasteiger partial charge on any atom is -0.345 e. The van der Waals surface area contributed by atoms with E-state index in [0.29, 0.717) is 0 Å². The van der Waals surface area contributed by atoms with Crippen molar-refractivity contribution in [1.29, 1.82) is 0 Å². The van der Waals surface area contributed by atoms with Crippen molar-refractivity contribution < 1.29 is 35.9 Å². The maximum atomic E-state index is 13.7. The van der Waals surface area contributed by atoms with Gasteiger partial charge in [0.25, 0.3) is 5.91 Å². The zero-order valence-corrected chi connectivity index (χ0v) is 21.0. The van der Waals surface area contributed by atoms with Crippen LogP contribution >= 0.6 is 50.7 Å². The molecule has 1 unspecified atom stereocenters. The highest BCUT2D eigenvalue weighted by atomic mass is 79.9. The fraction of sp³-hybridized carbons (Fsp3) is 0.238. The molecule has 0 saturated heterocycles. The minimum absolute atomic E-state index is 0.00871. The Labute approximate surface area is 218 Å². The molecule has 0 heterocycles. The van der Waals surface area contributed by atoms with Crippen LogP contribution in [-0.4, -0.2) is 37.3 Å². The van der Waals surface area contributed by atoms with Crippen LogP contribution in [0.4, 0.5) is 26.3 Å². The minimum atomic E-state index is -4.68. The molecule has 0 aliphatic carbocycles. The van der Waals surface area contributed by atoms with Crippen molar-refractivity contribution in [3.05, 3.63) is 72.6 Å². The number of carbonyl (C=O) groups is 2. The summed E-state index contributed by atoms with van der Waals surface area (Å²) >= 11 is 20.6. The maximum Gasteiger partial charge on any atom is 0.405 e. The number of alkyl halides is 6. The summed E-state index contributed by atoms with van der Waals surface area (Å²) in [4.78, 5) is 23.6. The molecule has 2 aromatic carbocycles. The predicted octanol–water partition coefficient (Wildman–Crippen LogP) is 7.18. The normalized spacial score (nSPS) is 13.1. The molecule has 0 bridgehead atoms. The Morgan fingerprint density at radius 1 is 0.971 bits per heavy atom. The summed E-state index contributed by atoms with van der Waals surface area (Å²) in [6, 6.07) is 6.09. The second-order valence-electron chi connectivity index (χ2n) is 6.99. The number of halogens is 10. The Morgan fingerprint density at radius 2 is 1.57 bits per heavy atom. The van der Waals surface area contributed by atoms with Gasteiger partial charge in [-0.15, -0.1) is 0 Å². The van der Waals surface area contributed by atoms with Gasteiger partial charge in [-0.2, -0.15) is 26.3 Å². The Hall–Kier alpha value is -1.95. The number of amides is 2. The number of carbonyl (C=O) groups excluding carboxylic acids is 2. The van der Waals surface area contributed by atoms with Crippen LogP contribution in [-0.2, 0) is 4.79 Å². The highest BCUT2D eigenvalue weighted by molar-refractivity contribution is 9.10. The van der Waals surface area contributed by atoms with Crippen LogP contribution in [0.25, 0.3) is 6.08 Å². The molecule has 1 atom stereocenters. The average Bonchev–Trinajstić information content (AvgIpc) is 2.73. The molecule has 2 rings (SSSR count). The molecule has 0 spiro atoms. The van der Waals surface area contributed by atoms with Gasteiger partial charge in [0.05, 0.1) is 33.1 Å². The van der Waals surface area contributed by atoms with Crippen molar-refractivity contribution in [2.24, 2.45) is 0 Å². The van der Waals surface area contributed by atoms with Crippen LogP contribution in [0.15, 0.2) is 40.9 Å². The van der Waals surface area contributed by atoms with Gasteiger partial charge in [-0.1, -0.05) is 53.0 Å². The molecule has 0 aromatic heterocycles. The van der Waals surface area contributed by atoms with E-state index in [-0.39, 0.29) is 36.2 Å². The Morgan fingerprint density at radius 3 is 2.09 bits per heavy atom. The fourth-order valence-corrected chi connectivity index (χ4v) is 3.90. The highest BCUT2D eigenvalue weighted by Crippen LogP contribution is 2.41. The molecule has 2 aromatic rings. The smallest absolute Gasteiger partial charge is 0.345 e. The van der Waals surface area contributed by atoms with E-state index < -0.39 is 43.2 Å². The monoisotopic (exact) mass is 624 g/mol. The van der Waals surface area contributed by atoms with Gasteiger partial charge in [0.15, 0.2) is 0 Å². The SMILES string of the molecule is O=C(CNC(=O)c1ccc(C=CC(c2cc(Cl)c(Cl)c(Cl)c2)C(F)(F)F)cc1Br)NCC(F)(F)F. The summed E-state index contributed by atoms with van der Waals surface area (Å²) < 4.78 is 77.5. The third-order valence-corrected chi connectivity index (χ3v) is 6.19. The lowest BCUT2D eigenvalue weighted by atomic mass is 9.97. The third kappa shape index (κ3) is 8.89. The summed E-state index contributed by atoms with van der Waals surface area (Å²) in [6.45, 7) is -2.25. The van der Waals surface area contributed by atoms with E-state index in [1.165, 1.54) is 24.3 Å². The molecule has 35 heavy (non-hydrogen) atoms. The molecule has 0 fully saturated rings. The molecule has 0 radical (unpaired) electrons. The van der Waals surface area contributed by atoms with Crippen molar-refractivity contribution >= 4 is 68.6 Å². The molecular formula is C21H14BrCl3F6N2O2. The molecule has 0 aliphatic heterocycles. The van der Waals surface area contributed by atoms with Crippen molar-refractivity contribution in [3.63, 3.8) is 0 Å². The number of hydrogen-bond acceptors (Lipinski definition) is 2. The number of rotatable bonds is 7. The Balaban J connectivity index is 2.15. The van der Waals surface area contributed by atoms with Gasteiger partial charge in [0.1, 0.15) is 6.54 Å². The van der Waals surface area contributed by atoms with Crippen molar-refractivity contribution in [2.75, 3.05) is 13.1 Å². The molecule has 14 heteroatoms. The zero-order chi connectivity index (χ0) is 26.6. The van der Waals surface area contributed by atoms with Gasteiger partial charge in [0, 0.05) is 4.47 Å². The van der Waals surface area contributed by atoms with Gasteiger partial charge in [-0.3, -0.25) is 9.59 Å². The van der Waals surface area contributed by atoms with Crippen LogP contribution < -0.4 is 10.6 Å². The first kappa shape index (κ1) is 29.3. The molecule has 0 saturated carbocycles. The summed E-state index contributed by atoms with van der Waals surface area (Å²) in [7, 11) is 0. The molecular weight excluding hydrogens is 612 g/mol. The fourth-order valence-electron chi connectivity index (χ4n) is 2.71. The van der Waals surface area contributed by atoms with Crippen molar-refractivity contribution in [1.82, 2.24) is 10.6 Å². The van der Waals surface area contributed by atoms with Gasteiger partial charge in [-0.05, 0) is 51.3 Å². The van der Waals surface area contributed by atoms with Crippen LogP contribution in [0.1, 0.15) is 27.4 Å². The lowest BCUT2D eigenvalue weighted by molar-refractivity contribution is -0.139. The highest BCUT2D eigenvalue weighted by Gasteiger charge is 2.39. The van der Waals surface area contributed by atoms with Gasteiger partial charge in [-0.25, -0.2) is 0 Å². The Bertz CT molecular complexity index is 1120. The first-order chi connectivity index (χ1) is 16.1. The predicted molar refractivity (Wildman–Crippen MR) is 125 cm³/mol. The topological polar surface area (TPSA) is 58.2 Å². The molecule has 2 amide bonds. The van der Waals surface area contributed by atoms with Gasteiger partial charge in [0.2, 0.25) is 5.91 Å². The molecule has 190 valence electrons. The van der Waals surface area contributed by atoms with E-state index in [0.717, 1.165) is 18.2 Å². The van der Waals surface area contributed by atoms with Gasteiger partial charge >= 0.3 is 12.4 Å². The third-order valence-electron chi connectivity index (χ3n) is 4.33. The molecule has 4 nitrogen and oxygen atoms in total. The van der Waals surface area contributed by atoms with E-state index >= 15 is 0 Å². The maximum absolute atomic E-state index is 13.7. The molecule has 0 aliphatic rings. The Kier molecular flexibility index (Phi) is 9.92. The summed E-state index contributed by atoms with van der Waals surface area (Å²) in [6.07, 6.45) is -7.22. The molecule has 2 N–H and O–H groups in total. The second kappa shape index (κ2) is 11.9. The summed E-state index contributed by atoms with van der Waals surface area (Å²) in [5.41, 5.74) is 0.0678. The number of benzene rings is 2. The van der Waals surface area contributed by atoms with E-state index in [4.69, 9.17) is 34.8 Å².